The first kappa shape index (κ1) is 16.3. The van der Waals surface area contributed by atoms with Crippen molar-refractivity contribution >= 4 is 27.6 Å². The van der Waals surface area contributed by atoms with E-state index in [1.807, 2.05) is 0 Å². The maximum atomic E-state index is 12.4. The van der Waals surface area contributed by atoms with Gasteiger partial charge < -0.3 is 4.74 Å². The van der Waals surface area contributed by atoms with Gasteiger partial charge >= 0.3 is 5.97 Å². The average molecular weight is 332 g/mol. The van der Waals surface area contributed by atoms with Gasteiger partial charge in [0.25, 0.3) is 0 Å². The first-order valence-electron chi connectivity index (χ1n) is 6.72. The number of carbonyl (C=O) groups excluding carboxylic acids is 1. The minimum atomic E-state index is -3.37. The van der Waals surface area contributed by atoms with Crippen LogP contribution in [-0.2, 0) is 25.3 Å². The number of esters is 1. The monoisotopic (exact) mass is 331 g/mol. The molecule has 0 aromatic heterocycles. The fourth-order valence-electron chi connectivity index (χ4n) is 2.42. The Morgan fingerprint density at radius 2 is 1.86 bits per heavy atom. The molecular weight excluding hydrogens is 314 g/mol. The van der Waals surface area contributed by atoms with Gasteiger partial charge in [0.15, 0.2) is 0 Å². The predicted molar refractivity (Wildman–Crippen MR) is 80.4 cm³/mol. The smallest absolute Gasteiger partial charge is 0.308 e. The molecule has 0 spiro atoms. The Hall–Kier alpha value is -1.11. The molecule has 1 heterocycles. The van der Waals surface area contributed by atoms with E-state index in [1.54, 1.807) is 24.3 Å². The van der Waals surface area contributed by atoms with Crippen LogP contribution in [0, 0.1) is 5.92 Å². The Morgan fingerprint density at radius 1 is 1.29 bits per heavy atom. The van der Waals surface area contributed by atoms with Crippen molar-refractivity contribution in [2.24, 2.45) is 5.92 Å². The SMILES string of the molecule is COC(=O)C1CCN(S(=O)(=O)Cc2ccc(Cl)cc2)CC1. The van der Waals surface area contributed by atoms with Gasteiger partial charge in [-0.25, -0.2) is 12.7 Å². The van der Waals surface area contributed by atoms with E-state index in [9.17, 15) is 13.2 Å². The normalized spacial score (nSPS) is 17.6. The van der Waals surface area contributed by atoms with Crippen LogP contribution in [0.25, 0.3) is 0 Å². The number of halogens is 1. The molecule has 0 saturated carbocycles. The number of rotatable bonds is 4. The van der Waals surface area contributed by atoms with Crippen LogP contribution in [-0.4, -0.2) is 38.9 Å². The summed E-state index contributed by atoms with van der Waals surface area (Å²) in [6.07, 6.45) is 1.01. The van der Waals surface area contributed by atoms with E-state index in [2.05, 4.69) is 0 Å². The Balaban J connectivity index is 1.98. The van der Waals surface area contributed by atoms with Crippen molar-refractivity contribution in [1.29, 1.82) is 0 Å². The molecule has 1 saturated heterocycles. The quantitative estimate of drug-likeness (QED) is 0.792. The number of piperidine rings is 1. The van der Waals surface area contributed by atoms with Gasteiger partial charge in [-0.3, -0.25) is 4.79 Å². The van der Waals surface area contributed by atoms with Crippen molar-refractivity contribution in [2.45, 2.75) is 18.6 Å². The minimum absolute atomic E-state index is 0.0486. The van der Waals surface area contributed by atoms with Crippen molar-refractivity contribution in [3.05, 3.63) is 34.9 Å². The van der Waals surface area contributed by atoms with Gasteiger partial charge in [0.1, 0.15) is 0 Å². The molecule has 0 amide bonds. The molecule has 0 aliphatic carbocycles. The van der Waals surface area contributed by atoms with E-state index >= 15 is 0 Å². The van der Waals surface area contributed by atoms with Crippen molar-refractivity contribution in [3.8, 4) is 0 Å². The predicted octanol–water partition coefficient (Wildman–Crippen LogP) is 2.05. The molecule has 2 rings (SSSR count). The summed E-state index contributed by atoms with van der Waals surface area (Å²) in [5.74, 6) is -0.505. The summed E-state index contributed by atoms with van der Waals surface area (Å²) in [5.41, 5.74) is 0.703. The summed E-state index contributed by atoms with van der Waals surface area (Å²) < 4.78 is 30.9. The van der Waals surface area contributed by atoms with Gasteiger partial charge in [0, 0.05) is 18.1 Å². The zero-order valence-electron chi connectivity index (χ0n) is 11.8. The molecular formula is C14H18ClNO4S. The molecule has 116 valence electrons. The lowest BCUT2D eigenvalue weighted by Gasteiger charge is -2.29. The molecule has 0 unspecified atom stereocenters. The van der Waals surface area contributed by atoms with E-state index < -0.39 is 10.0 Å². The highest BCUT2D eigenvalue weighted by atomic mass is 35.5. The summed E-state index contributed by atoms with van der Waals surface area (Å²) in [7, 11) is -2.01. The number of hydrogen-bond donors (Lipinski definition) is 0. The second kappa shape index (κ2) is 6.77. The van der Waals surface area contributed by atoms with Crippen molar-refractivity contribution in [2.75, 3.05) is 20.2 Å². The molecule has 0 bridgehead atoms. The summed E-state index contributed by atoms with van der Waals surface area (Å²) in [4.78, 5) is 11.4. The second-order valence-corrected chi connectivity index (χ2v) is 7.48. The number of sulfonamides is 1. The number of carbonyl (C=O) groups is 1. The summed E-state index contributed by atoms with van der Waals surface area (Å²) in [5, 5.41) is 0.579. The Bertz CT molecular complexity index is 592. The molecule has 1 fully saturated rings. The Labute approximate surface area is 129 Å². The van der Waals surface area contributed by atoms with Gasteiger partial charge in [-0.15, -0.1) is 0 Å². The number of benzene rings is 1. The first-order valence-corrected chi connectivity index (χ1v) is 8.71. The summed E-state index contributed by atoms with van der Waals surface area (Å²) in [6.45, 7) is 0.714. The molecule has 5 nitrogen and oxygen atoms in total. The van der Waals surface area contributed by atoms with E-state index in [4.69, 9.17) is 16.3 Å². The molecule has 0 N–H and O–H groups in total. The summed E-state index contributed by atoms with van der Waals surface area (Å²) >= 11 is 5.79. The van der Waals surface area contributed by atoms with Crippen LogP contribution < -0.4 is 0 Å². The van der Waals surface area contributed by atoms with Crippen LogP contribution in [0.4, 0.5) is 0 Å². The van der Waals surface area contributed by atoms with Crippen molar-refractivity contribution in [1.82, 2.24) is 4.31 Å². The Morgan fingerprint density at radius 3 is 2.38 bits per heavy atom. The van der Waals surface area contributed by atoms with Crippen molar-refractivity contribution in [3.63, 3.8) is 0 Å². The fourth-order valence-corrected chi connectivity index (χ4v) is 4.11. The highest BCUT2D eigenvalue weighted by molar-refractivity contribution is 7.88. The lowest BCUT2D eigenvalue weighted by atomic mass is 9.99. The minimum Gasteiger partial charge on any atom is -0.469 e. The number of hydrogen-bond acceptors (Lipinski definition) is 4. The van der Waals surface area contributed by atoms with Crippen LogP contribution in [0.1, 0.15) is 18.4 Å². The molecule has 21 heavy (non-hydrogen) atoms. The highest BCUT2D eigenvalue weighted by Gasteiger charge is 2.31. The van der Waals surface area contributed by atoms with Gasteiger partial charge in [-0.05, 0) is 30.5 Å². The Kier molecular flexibility index (Phi) is 5.24. The second-order valence-electron chi connectivity index (χ2n) is 5.08. The highest BCUT2D eigenvalue weighted by Crippen LogP contribution is 2.22. The van der Waals surface area contributed by atoms with Crippen LogP contribution in [0.2, 0.25) is 5.02 Å². The number of nitrogens with zero attached hydrogens (tertiary/aromatic N) is 1. The lowest BCUT2D eigenvalue weighted by molar-refractivity contribution is -0.146. The standard InChI is InChI=1S/C14H18ClNO4S/c1-20-14(17)12-6-8-16(9-7-12)21(18,19)10-11-2-4-13(15)5-3-11/h2-5,12H,6-10H2,1H3. The maximum absolute atomic E-state index is 12.4. The third-order valence-corrected chi connectivity index (χ3v) is 5.75. The van der Waals surface area contributed by atoms with Crippen LogP contribution in [0.3, 0.4) is 0 Å². The third kappa shape index (κ3) is 4.18. The van der Waals surface area contributed by atoms with Crippen LogP contribution in [0.5, 0.6) is 0 Å². The molecule has 0 radical (unpaired) electrons. The van der Waals surface area contributed by atoms with E-state index in [-0.39, 0.29) is 17.6 Å². The van der Waals surface area contributed by atoms with E-state index in [1.165, 1.54) is 11.4 Å². The van der Waals surface area contributed by atoms with E-state index in [0.717, 1.165) is 0 Å². The molecule has 1 aromatic rings. The number of methoxy groups -OCH3 is 1. The van der Waals surface area contributed by atoms with Gasteiger partial charge in [-0.1, -0.05) is 23.7 Å². The molecule has 7 heteroatoms. The topological polar surface area (TPSA) is 63.7 Å². The third-order valence-electron chi connectivity index (χ3n) is 3.64. The zero-order valence-corrected chi connectivity index (χ0v) is 13.4. The molecule has 0 atom stereocenters. The largest absolute Gasteiger partial charge is 0.469 e. The first-order chi connectivity index (χ1) is 9.92. The van der Waals surface area contributed by atoms with Gasteiger partial charge in [0.05, 0.1) is 18.8 Å². The van der Waals surface area contributed by atoms with Crippen molar-refractivity contribution < 1.29 is 17.9 Å². The van der Waals surface area contributed by atoms with Crippen LogP contribution in [0.15, 0.2) is 24.3 Å². The molecule has 1 aliphatic rings. The van der Waals surface area contributed by atoms with Gasteiger partial charge in [0.2, 0.25) is 10.0 Å². The molecule has 1 aliphatic heterocycles. The molecule has 1 aromatic carbocycles. The fraction of sp³-hybridized carbons (Fsp3) is 0.500. The number of ether oxygens (including phenoxy) is 1. The van der Waals surface area contributed by atoms with Gasteiger partial charge in [-0.2, -0.15) is 0 Å². The summed E-state index contributed by atoms with van der Waals surface area (Å²) in [6, 6.07) is 6.77. The van der Waals surface area contributed by atoms with Crippen LogP contribution >= 0.6 is 11.6 Å². The lowest BCUT2D eigenvalue weighted by Crippen LogP contribution is -2.41. The maximum Gasteiger partial charge on any atom is 0.308 e. The van der Waals surface area contributed by atoms with E-state index in [0.29, 0.717) is 36.5 Å². The zero-order chi connectivity index (χ0) is 15.5. The average Bonchev–Trinajstić information content (AvgIpc) is 2.49.